The van der Waals surface area contributed by atoms with E-state index in [0.717, 1.165) is 6.42 Å². The third-order valence-corrected chi connectivity index (χ3v) is 1.82. The minimum Gasteiger partial charge on any atom is -0.436 e. The maximum atomic E-state index is 10.5. The first-order chi connectivity index (χ1) is 5.18. The van der Waals surface area contributed by atoms with Gasteiger partial charge in [-0.05, 0) is 6.42 Å². The van der Waals surface area contributed by atoms with Gasteiger partial charge in [-0.25, -0.2) is 0 Å². The van der Waals surface area contributed by atoms with E-state index in [1.807, 2.05) is 0 Å². The van der Waals surface area contributed by atoms with Crippen LogP contribution in [0.2, 0.25) is 0 Å². The van der Waals surface area contributed by atoms with E-state index in [-0.39, 0.29) is 17.6 Å². The molecule has 0 bridgehead atoms. The van der Waals surface area contributed by atoms with Crippen LogP contribution in [-0.2, 0) is 14.3 Å². The third kappa shape index (κ3) is 3.08. The highest BCUT2D eigenvalue weighted by atomic mass is 35.5. The summed E-state index contributed by atoms with van der Waals surface area (Å²) in [5.41, 5.74) is 0. The molecule has 1 fully saturated rings. The molecule has 0 spiro atoms. The summed E-state index contributed by atoms with van der Waals surface area (Å²) in [5, 5.41) is 0.0711. The van der Waals surface area contributed by atoms with Crippen LogP contribution in [0.4, 0.5) is 0 Å². The number of esters is 1. The first kappa shape index (κ1) is 8.81. The molecule has 0 aromatic heterocycles. The number of carbonyl (C=O) groups is 1. The monoisotopic (exact) mass is 178 g/mol. The van der Waals surface area contributed by atoms with Crippen LogP contribution in [0.5, 0.6) is 0 Å². The molecule has 0 N–H and O–H groups in total. The SMILES string of the molecule is CC(=O)OC1CCC(Cl)CO1. The van der Waals surface area contributed by atoms with E-state index in [9.17, 15) is 4.79 Å². The van der Waals surface area contributed by atoms with Gasteiger partial charge in [0, 0.05) is 13.3 Å². The molecule has 0 amide bonds. The Morgan fingerprint density at radius 3 is 2.82 bits per heavy atom. The number of alkyl halides is 1. The Balaban J connectivity index is 2.22. The van der Waals surface area contributed by atoms with Gasteiger partial charge in [-0.1, -0.05) is 0 Å². The number of carbonyl (C=O) groups excluding carboxylic acids is 1. The molecular weight excluding hydrogens is 168 g/mol. The van der Waals surface area contributed by atoms with Crippen LogP contribution in [0.25, 0.3) is 0 Å². The number of ether oxygens (including phenoxy) is 2. The van der Waals surface area contributed by atoms with Crippen LogP contribution in [0.3, 0.4) is 0 Å². The summed E-state index contributed by atoms with van der Waals surface area (Å²) < 4.78 is 9.95. The number of hydrogen-bond donors (Lipinski definition) is 0. The van der Waals surface area contributed by atoms with E-state index in [2.05, 4.69) is 0 Å². The molecule has 64 valence electrons. The molecule has 0 aliphatic carbocycles. The fraction of sp³-hybridized carbons (Fsp3) is 0.857. The number of hydrogen-bond acceptors (Lipinski definition) is 3. The van der Waals surface area contributed by atoms with Crippen molar-refractivity contribution < 1.29 is 14.3 Å². The zero-order valence-electron chi connectivity index (χ0n) is 6.38. The molecule has 1 aliphatic heterocycles. The van der Waals surface area contributed by atoms with Gasteiger partial charge in [-0.15, -0.1) is 11.6 Å². The molecule has 1 rings (SSSR count). The van der Waals surface area contributed by atoms with E-state index in [4.69, 9.17) is 21.1 Å². The summed E-state index contributed by atoms with van der Waals surface area (Å²) in [6, 6.07) is 0. The standard InChI is InChI=1S/C7H11ClO3/c1-5(9)11-7-3-2-6(8)4-10-7/h6-7H,2-4H2,1H3. The van der Waals surface area contributed by atoms with Gasteiger partial charge in [-0.3, -0.25) is 4.79 Å². The summed E-state index contributed by atoms with van der Waals surface area (Å²) in [4.78, 5) is 10.5. The van der Waals surface area contributed by atoms with Crippen molar-refractivity contribution in [1.82, 2.24) is 0 Å². The van der Waals surface area contributed by atoms with Crippen molar-refractivity contribution in [3.63, 3.8) is 0 Å². The zero-order chi connectivity index (χ0) is 8.27. The van der Waals surface area contributed by atoms with E-state index < -0.39 is 0 Å². The summed E-state index contributed by atoms with van der Waals surface area (Å²) >= 11 is 5.75. The summed E-state index contributed by atoms with van der Waals surface area (Å²) in [6.45, 7) is 1.84. The molecule has 1 aliphatic rings. The third-order valence-electron chi connectivity index (χ3n) is 1.48. The second-order valence-corrected chi connectivity index (χ2v) is 3.16. The fourth-order valence-corrected chi connectivity index (χ4v) is 1.17. The highest BCUT2D eigenvalue weighted by Gasteiger charge is 2.21. The smallest absolute Gasteiger partial charge is 0.304 e. The highest BCUT2D eigenvalue weighted by molar-refractivity contribution is 6.20. The van der Waals surface area contributed by atoms with Crippen molar-refractivity contribution in [3.05, 3.63) is 0 Å². The van der Waals surface area contributed by atoms with Gasteiger partial charge in [-0.2, -0.15) is 0 Å². The number of rotatable bonds is 1. The Hall–Kier alpha value is -0.280. The molecule has 1 saturated heterocycles. The molecule has 1 heterocycles. The van der Waals surface area contributed by atoms with Crippen LogP contribution in [0, 0.1) is 0 Å². The second kappa shape index (κ2) is 3.93. The van der Waals surface area contributed by atoms with Crippen LogP contribution >= 0.6 is 11.6 Å². The summed E-state index contributed by atoms with van der Waals surface area (Å²) in [7, 11) is 0. The normalized spacial score (nSPS) is 31.5. The first-order valence-corrected chi connectivity index (χ1v) is 4.05. The van der Waals surface area contributed by atoms with Crippen molar-refractivity contribution in [3.8, 4) is 0 Å². The van der Waals surface area contributed by atoms with Crippen molar-refractivity contribution >= 4 is 17.6 Å². The van der Waals surface area contributed by atoms with Gasteiger partial charge in [0.15, 0.2) is 0 Å². The lowest BCUT2D eigenvalue weighted by Gasteiger charge is -2.24. The first-order valence-electron chi connectivity index (χ1n) is 3.61. The maximum Gasteiger partial charge on any atom is 0.304 e. The molecule has 3 nitrogen and oxygen atoms in total. The average Bonchev–Trinajstić information content (AvgIpc) is 1.93. The molecule has 2 unspecified atom stereocenters. The highest BCUT2D eigenvalue weighted by Crippen LogP contribution is 2.18. The Morgan fingerprint density at radius 2 is 2.36 bits per heavy atom. The largest absolute Gasteiger partial charge is 0.436 e. The van der Waals surface area contributed by atoms with Crippen molar-refractivity contribution in [2.24, 2.45) is 0 Å². The summed E-state index contributed by atoms with van der Waals surface area (Å²) in [6.07, 6.45) is 1.18. The van der Waals surface area contributed by atoms with Gasteiger partial charge in [0.05, 0.1) is 12.0 Å². The van der Waals surface area contributed by atoms with Gasteiger partial charge in [0.1, 0.15) is 0 Å². The Bertz CT molecular complexity index is 141. The lowest BCUT2D eigenvalue weighted by molar-refractivity contribution is -0.183. The molecule has 0 saturated carbocycles. The van der Waals surface area contributed by atoms with E-state index >= 15 is 0 Å². The van der Waals surface area contributed by atoms with Crippen LogP contribution in [0.1, 0.15) is 19.8 Å². The number of halogens is 1. The van der Waals surface area contributed by atoms with E-state index in [1.54, 1.807) is 0 Å². The molecular formula is C7H11ClO3. The molecule has 0 radical (unpaired) electrons. The Kier molecular flexibility index (Phi) is 3.15. The predicted octanol–water partition coefficient (Wildman–Crippen LogP) is 1.29. The lowest BCUT2D eigenvalue weighted by atomic mass is 10.2. The molecule has 4 heteroatoms. The Morgan fingerprint density at radius 1 is 1.64 bits per heavy atom. The Labute approximate surface area is 70.6 Å². The minimum absolute atomic E-state index is 0.0711. The van der Waals surface area contributed by atoms with Crippen molar-refractivity contribution in [2.45, 2.75) is 31.4 Å². The fourth-order valence-electron chi connectivity index (χ4n) is 0.973. The van der Waals surface area contributed by atoms with Crippen LogP contribution < -0.4 is 0 Å². The predicted molar refractivity (Wildman–Crippen MR) is 40.4 cm³/mol. The molecule has 0 aromatic carbocycles. The second-order valence-electron chi connectivity index (χ2n) is 2.55. The van der Waals surface area contributed by atoms with Crippen molar-refractivity contribution in [2.75, 3.05) is 6.61 Å². The molecule has 0 aromatic rings. The molecule has 11 heavy (non-hydrogen) atoms. The topological polar surface area (TPSA) is 35.5 Å². The zero-order valence-corrected chi connectivity index (χ0v) is 7.13. The lowest BCUT2D eigenvalue weighted by Crippen LogP contribution is -2.29. The van der Waals surface area contributed by atoms with Crippen LogP contribution in [-0.4, -0.2) is 24.2 Å². The van der Waals surface area contributed by atoms with Gasteiger partial charge < -0.3 is 9.47 Å². The maximum absolute atomic E-state index is 10.5. The van der Waals surface area contributed by atoms with Crippen LogP contribution in [0.15, 0.2) is 0 Å². The van der Waals surface area contributed by atoms with E-state index in [0.29, 0.717) is 13.0 Å². The van der Waals surface area contributed by atoms with Crippen molar-refractivity contribution in [1.29, 1.82) is 0 Å². The van der Waals surface area contributed by atoms with Gasteiger partial charge in [0.25, 0.3) is 0 Å². The molecule has 2 atom stereocenters. The minimum atomic E-state index is -0.373. The average molecular weight is 179 g/mol. The quantitative estimate of drug-likeness (QED) is 0.449. The van der Waals surface area contributed by atoms with E-state index in [1.165, 1.54) is 6.92 Å². The van der Waals surface area contributed by atoms with Gasteiger partial charge in [0.2, 0.25) is 6.29 Å². The summed E-state index contributed by atoms with van der Waals surface area (Å²) in [5.74, 6) is -0.303. The van der Waals surface area contributed by atoms with Gasteiger partial charge >= 0.3 is 5.97 Å².